The average molecular weight is 241 g/mol. The number of benzene rings is 1. The van der Waals surface area contributed by atoms with Crippen molar-refractivity contribution in [2.75, 3.05) is 5.32 Å². The van der Waals surface area contributed by atoms with Gasteiger partial charge in [0.2, 0.25) is 5.95 Å². The molecule has 0 atom stereocenters. The van der Waals surface area contributed by atoms with Gasteiger partial charge in [-0.05, 0) is 17.0 Å². The number of anilines is 1. The highest BCUT2D eigenvalue weighted by Gasteiger charge is 2.00. The average Bonchev–Trinajstić information content (AvgIpc) is 2.85. The van der Waals surface area contributed by atoms with Crippen LogP contribution in [-0.4, -0.2) is 9.97 Å². The largest absolute Gasteiger partial charge is 0.350 e. The summed E-state index contributed by atoms with van der Waals surface area (Å²) in [5.74, 6) is 0.684. The molecule has 3 aromatic rings. The van der Waals surface area contributed by atoms with Crippen LogP contribution in [0.4, 0.5) is 5.95 Å². The van der Waals surface area contributed by atoms with Crippen LogP contribution in [0.3, 0.4) is 0 Å². The van der Waals surface area contributed by atoms with Gasteiger partial charge in [0.25, 0.3) is 0 Å². The van der Waals surface area contributed by atoms with Gasteiger partial charge in [0.05, 0.1) is 0 Å². The van der Waals surface area contributed by atoms with Crippen LogP contribution < -0.4 is 5.32 Å². The third-order valence-corrected chi connectivity index (χ3v) is 3.32. The summed E-state index contributed by atoms with van der Waals surface area (Å²) >= 11 is 1.63. The summed E-state index contributed by atoms with van der Waals surface area (Å²) in [6.45, 7) is 0.748. The van der Waals surface area contributed by atoms with Gasteiger partial charge >= 0.3 is 0 Å². The molecule has 0 radical (unpaired) electrons. The fourth-order valence-electron chi connectivity index (χ4n) is 1.62. The summed E-state index contributed by atoms with van der Waals surface area (Å²) < 4.78 is 0. The summed E-state index contributed by atoms with van der Waals surface area (Å²) in [5.41, 5.74) is 1.22. The SMILES string of the molecule is c1ccc(CNc2ncc3ccsc3n2)cc1. The minimum atomic E-state index is 0.684. The van der Waals surface area contributed by atoms with Crippen LogP contribution in [0.5, 0.6) is 0 Å². The van der Waals surface area contributed by atoms with Crippen LogP contribution in [0.1, 0.15) is 5.56 Å². The Morgan fingerprint density at radius 1 is 1.12 bits per heavy atom. The lowest BCUT2D eigenvalue weighted by Gasteiger charge is -2.04. The minimum absolute atomic E-state index is 0.684. The molecule has 1 aromatic carbocycles. The van der Waals surface area contributed by atoms with Gasteiger partial charge in [-0.3, -0.25) is 0 Å². The maximum atomic E-state index is 4.45. The van der Waals surface area contributed by atoms with Crippen molar-refractivity contribution in [3.63, 3.8) is 0 Å². The van der Waals surface area contributed by atoms with E-state index < -0.39 is 0 Å². The second kappa shape index (κ2) is 4.51. The Morgan fingerprint density at radius 2 is 2.00 bits per heavy atom. The molecule has 0 aliphatic carbocycles. The quantitative estimate of drug-likeness (QED) is 0.764. The molecule has 0 bridgehead atoms. The molecule has 0 fully saturated rings. The van der Waals surface area contributed by atoms with Gasteiger partial charge in [0, 0.05) is 18.1 Å². The Hall–Kier alpha value is -1.94. The van der Waals surface area contributed by atoms with Crippen LogP contribution in [0.15, 0.2) is 48.0 Å². The number of fused-ring (bicyclic) bond motifs is 1. The molecule has 0 unspecified atom stereocenters. The minimum Gasteiger partial charge on any atom is -0.350 e. The van der Waals surface area contributed by atoms with E-state index in [9.17, 15) is 0 Å². The molecule has 0 saturated carbocycles. The summed E-state index contributed by atoms with van der Waals surface area (Å²) in [6, 6.07) is 12.3. The highest BCUT2D eigenvalue weighted by molar-refractivity contribution is 7.16. The lowest BCUT2D eigenvalue weighted by molar-refractivity contribution is 1.07. The van der Waals surface area contributed by atoms with Gasteiger partial charge in [-0.25, -0.2) is 9.97 Å². The Bertz CT molecular complexity index is 619. The van der Waals surface area contributed by atoms with E-state index in [1.165, 1.54) is 5.56 Å². The second-order valence-electron chi connectivity index (χ2n) is 3.71. The van der Waals surface area contributed by atoms with Gasteiger partial charge in [-0.2, -0.15) is 0 Å². The van der Waals surface area contributed by atoms with Crippen LogP contribution >= 0.6 is 11.3 Å². The van der Waals surface area contributed by atoms with Gasteiger partial charge in [-0.1, -0.05) is 30.3 Å². The zero-order chi connectivity index (χ0) is 11.5. The van der Waals surface area contributed by atoms with Crippen LogP contribution in [-0.2, 0) is 6.54 Å². The first-order valence-corrected chi connectivity index (χ1v) is 6.28. The molecule has 2 aromatic heterocycles. The highest BCUT2D eigenvalue weighted by atomic mass is 32.1. The van der Waals surface area contributed by atoms with Crippen LogP contribution in [0.2, 0.25) is 0 Å². The molecule has 0 saturated heterocycles. The smallest absolute Gasteiger partial charge is 0.224 e. The molecule has 3 rings (SSSR count). The molecule has 0 amide bonds. The van der Waals surface area contributed by atoms with Crippen molar-refractivity contribution in [2.24, 2.45) is 0 Å². The topological polar surface area (TPSA) is 37.8 Å². The zero-order valence-electron chi connectivity index (χ0n) is 9.13. The number of aromatic nitrogens is 2. The molecule has 2 heterocycles. The Kier molecular flexibility index (Phi) is 2.71. The van der Waals surface area contributed by atoms with Crippen molar-refractivity contribution in [1.82, 2.24) is 9.97 Å². The summed E-state index contributed by atoms with van der Waals surface area (Å²) in [5, 5.41) is 6.35. The molecule has 0 aliphatic heterocycles. The maximum Gasteiger partial charge on any atom is 0.224 e. The van der Waals surface area contributed by atoms with Gasteiger partial charge in [0.15, 0.2) is 0 Å². The van der Waals surface area contributed by atoms with Gasteiger partial charge < -0.3 is 5.32 Å². The van der Waals surface area contributed by atoms with Crippen molar-refractivity contribution in [3.05, 3.63) is 53.5 Å². The van der Waals surface area contributed by atoms with Crippen LogP contribution in [0.25, 0.3) is 10.2 Å². The number of hydrogen-bond donors (Lipinski definition) is 1. The van der Waals surface area contributed by atoms with E-state index in [1.807, 2.05) is 35.8 Å². The molecule has 0 aliphatic rings. The standard InChI is InChI=1S/C13H11N3S/c1-2-4-10(5-3-1)8-14-13-15-9-11-6-7-17-12(11)16-13/h1-7,9H,8H2,(H,14,15,16). The van der Waals surface area contributed by atoms with E-state index in [1.54, 1.807) is 11.3 Å². The molecule has 0 spiro atoms. The van der Waals surface area contributed by atoms with Gasteiger partial charge in [-0.15, -0.1) is 11.3 Å². The molecule has 1 N–H and O–H groups in total. The molecular formula is C13H11N3S. The van der Waals surface area contributed by atoms with Crippen molar-refractivity contribution in [2.45, 2.75) is 6.54 Å². The van der Waals surface area contributed by atoms with E-state index in [4.69, 9.17) is 0 Å². The summed E-state index contributed by atoms with van der Waals surface area (Å²) in [6.07, 6.45) is 1.85. The van der Waals surface area contributed by atoms with E-state index in [2.05, 4.69) is 27.4 Å². The first-order valence-electron chi connectivity index (χ1n) is 5.40. The lowest BCUT2D eigenvalue weighted by atomic mass is 10.2. The van der Waals surface area contributed by atoms with Crippen LogP contribution in [0, 0.1) is 0 Å². The van der Waals surface area contributed by atoms with E-state index in [-0.39, 0.29) is 0 Å². The first kappa shape index (κ1) is 10.2. The lowest BCUT2D eigenvalue weighted by Crippen LogP contribution is -2.02. The Balaban J connectivity index is 1.76. The second-order valence-corrected chi connectivity index (χ2v) is 4.61. The van der Waals surface area contributed by atoms with E-state index in [0.717, 1.165) is 16.8 Å². The fraction of sp³-hybridized carbons (Fsp3) is 0.0769. The number of rotatable bonds is 3. The fourth-order valence-corrected chi connectivity index (χ4v) is 2.36. The number of thiophene rings is 1. The summed E-state index contributed by atoms with van der Waals surface area (Å²) in [4.78, 5) is 9.75. The van der Waals surface area contributed by atoms with E-state index in [0.29, 0.717) is 5.95 Å². The molecule has 4 heteroatoms. The van der Waals surface area contributed by atoms with E-state index >= 15 is 0 Å². The van der Waals surface area contributed by atoms with Crippen molar-refractivity contribution in [1.29, 1.82) is 0 Å². The van der Waals surface area contributed by atoms with Crippen molar-refractivity contribution < 1.29 is 0 Å². The molecule has 84 valence electrons. The zero-order valence-corrected chi connectivity index (χ0v) is 9.95. The third-order valence-electron chi connectivity index (χ3n) is 2.50. The number of nitrogens with one attached hydrogen (secondary N) is 1. The number of nitrogens with zero attached hydrogens (tertiary/aromatic N) is 2. The predicted octanol–water partition coefficient (Wildman–Crippen LogP) is 3.30. The van der Waals surface area contributed by atoms with Gasteiger partial charge in [0.1, 0.15) is 4.83 Å². The third kappa shape index (κ3) is 2.26. The molecular weight excluding hydrogens is 230 g/mol. The molecule has 17 heavy (non-hydrogen) atoms. The Labute approximate surface area is 103 Å². The predicted molar refractivity (Wildman–Crippen MR) is 71.2 cm³/mol. The monoisotopic (exact) mass is 241 g/mol. The normalized spacial score (nSPS) is 10.6. The van der Waals surface area contributed by atoms with Crippen molar-refractivity contribution in [3.8, 4) is 0 Å². The van der Waals surface area contributed by atoms with Crippen molar-refractivity contribution >= 4 is 27.5 Å². The first-order chi connectivity index (χ1) is 8.42. The summed E-state index contributed by atoms with van der Waals surface area (Å²) in [7, 11) is 0. The maximum absolute atomic E-state index is 4.45. The highest BCUT2D eigenvalue weighted by Crippen LogP contribution is 2.18. The molecule has 3 nitrogen and oxygen atoms in total. The number of hydrogen-bond acceptors (Lipinski definition) is 4. The Morgan fingerprint density at radius 3 is 2.88 bits per heavy atom.